The maximum absolute atomic E-state index is 12.9. The van der Waals surface area contributed by atoms with Crippen molar-refractivity contribution in [3.8, 4) is 5.75 Å². The molecule has 1 heterocycles. The monoisotopic (exact) mass is 474 g/mol. The van der Waals surface area contributed by atoms with E-state index < -0.39 is 10.0 Å². The Morgan fingerprint density at radius 1 is 1.03 bits per heavy atom. The van der Waals surface area contributed by atoms with Crippen molar-refractivity contribution >= 4 is 32.7 Å². The van der Waals surface area contributed by atoms with Gasteiger partial charge in [0.25, 0.3) is 0 Å². The van der Waals surface area contributed by atoms with E-state index in [1.807, 2.05) is 31.2 Å². The number of hydrogen-bond donors (Lipinski definition) is 1. The minimum atomic E-state index is -3.69. The van der Waals surface area contributed by atoms with Gasteiger partial charge in [-0.25, -0.2) is 13.2 Å². The van der Waals surface area contributed by atoms with Gasteiger partial charge >= 0.3 is 5.69 Å². The lowest BCUT2D eigenvalue weighted by molar-refractivity contribution is -0.116. The van der Waals surface area contributed by atoms with Crippen LogP contribution < -0.4 is 15.7 Å². The van der Waals surface area contributed by atoms with Crippen LogP contribution in [0.2, 0.25) is 0 Å². The first kappa shape index (κ1) is 24.5. The molecule has 1 aromatic heterocycles. The number of imidazole rings is 1. The fraction of sp³-hybridized carbons (Fsp3) is 0.391. The first-order valence-electron chi connectivity index (χ1n) is 10.9. The van der Waals surface area contributed by atoms with Crippen molar-refractivity contribution in [1.82, 2.24) is 13.4 Å². The van der Waals surface area contributed by atoms with Gasteiger partial charge < -0.3 is 10.1 Å². The van der Waals surface area contributed by atoms with E-state index in [2.05, 4.69) is 5.32 Å². The molecule has 3 aromatic rings. The number of methoxy groups -OCH3 is 1. The van der Waals surface area contributed by atoms with E-state index in [1.165, 1.54) is 29.6 Å². The molecule has 0 saturated heterocycles. The van der Waals surface area contributed by atoms with Crippen molar-refractivity contribution in [2.75, 3.05) is 25.5 Å². The highest BCUT2D eigenvalue weighted by Crippen LogP contribution is 2.29. The standard InChI is InChI=1S/C23H30N4O5S/c1-5-25(6-2)33(30,31)17-12-13-21(32-4)18(16-17)24-22(28)14-15-27-20-11-9-8-10-19(20)26(7-3)23(27)29/h8-13,16H,5-7,14-15H2,1-4H3,(H,24,28). The lowest BCUT2D eigenvalue weighted by Crippen LogP contribution is -2.30. The molecule has 1 N–H and O–H groups in total. The van der Waals surface area contributed by atoms with Crippen molar-refractivity contribution in [1.29, 1.82) is 0 Å². The highest BCUT2D eigenvalue weighted by Gasteiger charge is 2.23. The number of ether oxygens (including phenoxy) is 1. The van der Waals surface area contributed by atoms with E-state index in [-0.39, 0.29) is 35.1 Å². The van der Waals surface area contributed by atoms with Crippen LogP contribution in [0.1, 0.15) is 27.2 Å². The van der Waals surface area contributed by atoms with Crippen LogP contribution in [0.4, 0.5) is 5.69 Å². The molecule has 0 bridgehead atoms. The van der Waals surface area contributed by atoms with Crippen LogP contribution in [0.3, 0.4) is 0 Å². The third-order valence-electron chi connectivity index (χ3n) is 5.59. The minimum absolute atomic E-state index is 0.0355. The lowest BCUT2D eigenvalue weighted by Gasteiger charge is -2.19. The number of aryl methyl sites for hydroxylation is 2. The summed E-state index contributed by atoms with van der Waals surface area (Å²) in [6.07, 6.45) is 0.0355. The fourth-order valence-electron chi connectivity index (χ4n) is 3.88. The number of rotatable bonds is 10. The van der Waals surface area contributed by atoms with Gasteiger partial charge in [-0.15, -0.1) is 0 Å². The molecule has 0 saturated carbocycles. The number of amides is 1. The van der Waals surface area contributed by atoms with Crippen molar-refractivity contribution < 1.29 is 17.9 Å². The SMILES string of the molecule is CCN(CC)S(=O)(=O)c1ccc(OC)c(NC(=O)CCn2c(=O)n(CC)c3ccccc32)c1. The number of sulfonamides is 1. The summed E-state index contributed by atoms with van der Waals surface area (Å²) in [5.41, 5.74) is 1.68. The summed E-state index contributed by atoms with van der Waals surface area (Å²) in [6.45, 7) is 6.84. The van der Waals surface area contributed by atoms with E-state index in [4.69, 9.17) is 4.74 Å². The Bertz CT molecular complexity index is 1310. The Balaban J connectivity index is 1.83. The van der Waals surface area contributed by atoms with Crippen LogP contribution in [0.15, 0.2) is 52.2 Å². The van der Waals surface area contributed by atoms with Crippen molar-refractivity contribution in [2.24, 2.45) is 0 Å². The zero-order valence-corrected chi connectivity index (χ0v) is 20.2. The molecule has 0 unspecified atom stereocenters. The van der Waals surface area contributed by atoms with Crippen molar-refractivity contribution in [2.45, 2.75) is 45.2 Å². The first-order valence-corrected chi connectivity index (χ1v) is 12.4. The number of nitrogens with zero attached hydrogens (tertiary/aromatic N) is 3. The summed E-state index contributed by atoms with van der Waals surface area (Å²) in [4.78, 5) is 25.6. The number of carbonyl (C=O) groups is 1. The highest BCUT2D eigenvalue weighted by atomic mass is 32.2. The number of hydrogen-bond acceptors (Lipinski definition) is 5. The van der Waals surface area contributed by atoms with E-state index in [0.29, 0.717) is 25.4 Å². The number of anilines is 1. The number of carbonyl (C=O) groups excluding carboxylic acids is 1. The molecule has 9 nitrogen and oxygen atoms in total. The van der Waals surface area contributed by atoms with Crippen LogP contribution in [0.5, 0.6) is 5.75 Å². The van der Waals surface area contributed by atoms with Crippen LogP contribution in [-0.4, -0.2) is 48.0 Å². The summed E-state index contributed by atoms with van der Waals surface area (Å²) in [7, 11) is -2.24. The molecule has 1 amide bonds. The zero-order valence-electron chi connectivity index (χ0n) is 19.4. The molecule has 0 radical (unpaired) electrons. The summed E-state index contributed by atoms with van der Waals surface area (Å²) >= 11 is 0. The van der Waals surface area contributed by atoms with Crippen LogP contribution in [0, 0.1) is 0 Å². The van der Waals surface area contributed by atoms with Gasteiger partial charge in [-0.2, -0.15) is 4.31 Å². The summed E-state index contributed by atoms with van der Waals surface area (Å²) < 4.78 is 35.6. The second-order valence-corrected chi connectivity index (χ2v) is 9.35. The molecule has 10 heteroatoms. The van der Waals surface area contributed by atoms with Gasteiger partial charge in [0.15, 0.2) is 0 Å². The minimum Gasteiger partial charge on any atom is -0.495 e. The average molecular weight is 475 g/mol. The second kappa shape index (κ2) is 10.2. The van der Waals surface area contributed by atoms with Crippen LogP contribution in [0.25, 0.3) is 11.0 Å². The molecule has 0 spiro atoms. The molecule has 0 aliphatic heterocycles. The van der Waals surface area contributed by atoms with Gasteiger partial charge in [-0.1, -0.05) is 26.0 Å². The molecule has 3 rings (SSSR count). The molecule has 0 atom stereocenters. The Hall–Kier alpha value is -3.11. The van der Waals surface area contributed by atoms with Crippen LogP contribution in [-0.2, 0) is 27.9 Å². The molecule has 178 valence electrons. The quantitative estimate of drug-likeness (QED) is 0.487. The Labute approximate surface area is 193 Å². The van der Waals surface area contributed by atoms with Crippen LogP contribution >= 0.6 is 0 Å². The van der Waals surface area contributed by atoms with Gasteiger partial charge in [0, 0.05) is 32.6 Å². The van der Waals surface area contributed by atoms with E-state index in [9.17, 15) is 18.0 Å². The summed E-state index contributed by atoms with van der Waals surface area (Å²) in [5, 5.41) is 2.74. The molecule has 2 aromatic carbocycles. The van der Waals surface area contributed by atoms with E-state index in [1.54, 1.807) is 23.0 Å². The van der Waals surface area contributed by atoms with Crippen molar-refractivity contribution in [3.05, 3.63) is 52.9 Å². The van der Waals surface area contributed by atoms with Gasteiger partial charge in [0.05, 0.1) is 28.7 Å². The normalized spacial score (nSPS) is 11.8. The molecule has 0 aliphatic carbocycles. The molecule has 0 fully saturated rings. The van der Waals surface area contributed by atoms with E-state index >= 15 is 0 Å². The van der Waals surface area contributed by atoms with Gasteiger partial charge in [0.2, 0.25) is 15.9 Å². The number of aromatic nitrogens is 2. The smallest absolute Gasteiger partial charge is 0.329 e. The fourth-order valence-corrected chi connectivity index (χ4v) is 5.36. The predicted molar refractivity (Wildman–Crippen MR) is 128 cm³/mol. The Morgan fingerprint density at radius 3 is 2.24 bits per heavy atom. The Morgan fingerprint density at radius 2 is 1.67 bits per heavy atom. The highest BCUT2D eigenvalue weighted by molar-refractivity contribution is 7.89. The topological polar surface area (TPSA) is 103 Å². The largest absolute Gasteiger partial charge is 0.495 e. The van der Waals surface area contributed by atoms with Crippen molar-refractivity contribution in [3.63, 3.8) is 0 Å². The first-order chi connectivity index (χ1) is 15.8. The number of benzene rings is 2. The molecule has 33 heavy (non-hydrogen) atoms. The maximum Gasteiger partial charge on any atom is 0.329 e. The third kappa shape index (κ3) is 4.81. The third-order valence-corrected chi connectivity index (χ3v) is 7.64. The average Bonchev–Trinajstić information content (AvgIpc) is 3.08. The lowest BCUT2D eigenvalue weighted by atomic mass is 10.2. The maximum atomic E-state index is 12.9. The van der Waals surface area contributed by atoms with E-state index in [0.717, 1.165) is 11.0 Å². The number of nitrogens with one attached hydrogen (secondary N) is 1. The zero-order chi connectivity index (χ0) is 24.2. The summed E-state index contributed by atoms with van der Waals surface area (Å²) in [6, 6.07) is 11.8. The predicted octanol–water partition coefficient (Wildman–Crippen LogP) is 2.89. The number of fused-ring (bicyclic) bond motifs is 1. The Kier molecular flexibility index (Phi) is 7.60. The summed E-state index contributed by atoms with van der Waals surface area (Å²) in [5.74, 6) is -0.00693. The molecular formula is C23H30N4O5S. The van der Waals surface area contributed by atoms with Gasteiger partial charge in [0.1, 0.15) is 5.75 Å². The second-order valence-electron chi connectivity index (χ2n) is 7.42. The number of para-hydroxylation sites is 2. The van der Waals surface area contributed by atoms with Gasteiger partial charge in [-0.3, -0.25) is 13.9 Å². The molecule has 0 aliphatic rings. The molecular weight excluding hydrogens is 444 g/mol. The van der Waals surface area contributed by atoms with Gasteiger partial charge in [-0.05, 0) is 37.3 Å².